The molecule has 0 amide bonds. The number of fused-ring (bicyclic) bond motifs is 1. The highest BCUT2D eigenvalue weighted by Crippen LogP contribution is 2.31. The Balaban J connectivity index is 1.93. The van der Waals surface area contributed by atoms with E-state index in [1.165, 1.54) is 28.0 Å². The average molecular weight is 481 g/mol. The molecule has 0 aliphatic carbocycles. The molecule has 174 valence electrons. The number of carbonyl (C=O) groups is 1. The number of carbonyl (C=O) groups excluding carboxylic acids is 1. The second kappa shape index (κ2) is 9.44. The number of hydrogen-bond acceptors (Lipinski definition) is 7. The first-order valence-electron chi connectivity index (χ1n) is 10.4. The molecule has 1 aliphatic rings. The lowest BCUT2D eigenvalue weighted by Crippen LogP contribution is -2.39. The number of thiazole rings is 1. The molecule has 0 fully saturated rings. The minimum absolute atomic E-state index is 0.0399. The van der Waals surface area contributed by atoms with Gasteiger partial charge < -0.3 is 9.47 Å². The summed E-state index contributed by atoms with van der Waals surface area (Å²) in [6.07, 6.45) is 1.62. The van der Waals surface area contributed by atoms with Crippen molar-refractivity contribution in [3.8, 4) is 5.75 Å². The number of allylic oxidation sites excluding steroid dienone is 1. The van der Waals surface area contributed by atoms with E-state index in [1.807, 2.05) is 0 Å². The molecule has 9 nitrogen and oxygen atoms in total. The molecule has 2 aromatic carbocycles. The van der Waals surface area contributed by atoms with E-state index in [4.69, 9.17) is 9.47 Å². The summed E-state index contributed by atoms with van der Waals surface area (Å²) in [5.41, 5.74) is 1.71. The molecule has 10 heteroatoms. The van der Waals surface area contributed by atoms with E-state index < -0.39 is 12.0 Å². The van der Waals surface area contributed by atoms with E-state index >= 15 is 0 Å². The van der Waals surface area contributed by atoms with E-state index in [9.17, 15) is 19.7 Å². The Kier molecular flexibility index (Phi) is 6.42. The Morgan fingerprint density at radius 2 is 2.00 bits per heavy atom. The van der Waals surface area contributed by atoms with Crippen LogP contribution < -0.4 is 19.6 Å². The van der Waals surface area contributed by atoms with E-state index in [0.717, 1.165) is 0 Å². The van der Waals surface area contributed by atoms with E-state index in [0.29, 0.717) is 31.9 Å². The standard InChI is InChI=1S/C24H22N3O6S/c1-4-33-23(29)20-14(2)25-24-26(21(20)16-8-10-18(32-3)11-9-16)22(28)19(34-24)13-15-6-5-7-17(12-15)27(30)31/h5-13,21H,4H2,1-3H3,(H,30,31)/q+1/b19-13-. The Hall–Kier alpha value is -4.05. The predicted octanol–water partition coefficient (Wildman–Crippen LogP) is 2.61. The van der Waals surface area contributed by atoms with Gasteiger partial charge in [-0.1, -0.05) is 35.6 Å². The second-order valence-corrected chi connectivity index (χ2v) is 8.45. The fraction of sp³-hybridized carbons (Fsp3) is 0.208. The Morgan fingerprint density at radius 3 is 2.65 bits per heavy atom. The molecule has 0 spiro atoms. The first-order chi connectivity index (χ1) is 16.3. The highest BCUT2D eigenvalue weighted by molar-refractivity contribution is 7.07. The number of hydrogen-bond donors (Lipinski definition) is 1. The maximum absolute atomic E-state index is 13.5. The van der Waals surface area contributed by atoms with Gasteiger partial charge >= 0.3 is 11.7 Å². The third-order valence-corrected chi connectivity index (χ3v) is 6.32. The molecule has 34 heavy (non-hydrogen) atoms. The molecule has 0 bridgehead atoms. The molecule has 1 aliphatic heterocycles. The first kappa shape index (κ1) is 23.1. The Bertz CT molecular complexity index is 1480. The van der Waals surface area contributed by atoms with Crippen molar-refractivity contribution in [2.75, 3.05) is 13.7 Å². The van der Waals surface area contributed by atoms with E-state index in [1.54, 1.807) is 63.4 Å². The normalized spacial score (nSPS) is 15.5. The second-order valence-electron chi connectivity index (χ2n) is 7.44. The average Bonchev–Trinajstić information content (AvgIpc) is 3.12. The van der Waals surface area contributed by atoms with Crippen LogP contribution in [0.5, 0.6) is 5.75 Å². The van der Waals surface area contributed by atoms with Gasteiger partial charge in [0.2, 0.25) is 0 Å². The summed E-state index contributed by atoms with van der Waals surface area (Å²) in [4.78, 5) is 42.4. The van der Waals surface area contributed by atoms with E-state index in [-0.39, 0.29) is 28.3 Å². The predicted molar refractivity (Wildman–Crippen MR) is 125 cm³/mol. The molecule has 0 radical (unpaired) electrons. The van der Waals surface area contributed by atoms with Crippen LogP contribution >= 0.6 is 11.3 Å². The molecule has 0 saturated carbocycles. The molecule has 1 atom stereocenters. The van der Waals surface area contributed by atoms with Gasteiger partial charge in [0.05, 0.1) is 40.5 Å². The van der Waals surface area contributed by atoms with Gasteiger partial charge in [0.15, 0.2) is 4.80 Å². The number of nitrogens with zero attached hydrogens (tertiary/aromatic N) is 3. The molecule has 1 unspecified atom stereocenters. The van der Waals surface area contributed by atoms with Crippen LogP contribution in [0.3, 0.4) is 0 Å². The zero-order valence-electron chi connectivity index (χ0n) is 18.7. The molecule has 1 aromatic heterocycles. The zero-order valence-corrected chi connectivity index (χ0v) is 19.5. The maximum Gasteiger partial charge on any atom is 0.338 e. The van der Waals surface area contributed by atoms with Gasteiger partial charge in [-0.3, -0.25) is 9.36 Å². The molecular formula is C24H22N3O6S+. The van der Waals surface area contributed by atoms with Crippen molar-refractivity contribution in [2.45, 2.75) is 19.9 Å². The summed E-state index contributed by atoms with van der Waals surface area (Å²) >= 11 is 1.17. The largest absolute Gasteiger partial charge is 0.497 e. The topological polar surface area (TPSA) is 110 Å². The Labute approximate surface area is 198 Å². The van der Waals surface area contributed by atoms with Gasteiger partial charge in [-0.05, 0) is 43.2 Å². The summed E-state index contributed by atoms with van der Waals surface area (Å²) in [6.45, 7) is 3.62. The third kappa shape index (κ3) is 4.27. The molecule has 2 heterocycles. The van der Waals surface area contributed by atoms with Crippen LogP contribution in [-0.2, 0) is 9.53 Å². The summed E-state index contributed by atoms with van der Waals surface area (Å²) in [5, 5.41) is 9.18. The van der Waals surface area contributed by atoms with Crippen LogP contribution in [0.4, 0.5) is 5.69 Å². The minimum Gasteiger partial charge on any atom is -0.497 e. The third-order valence-electron chi connectivity index (χ3n) is 5.34. The van der Waals surface area contributed by atoms with Gasteiger partial charge in [-0.25, -0.2) is 15.0 Å². The maximum atomic E-state index is 13.5. The van der Waals surface area contributed by atoms with Crippen molar-refractivity contribution >= 4 is 29.1 Å². The molecule has 0 saturated heterocycles. The summed E-state index contributed by atoms with van der Waals surface area (Å²) < 4.78 is 12.4. The van der Waals surface area contributed by atoms with Crippen LogP contribution in [-0.4, -0.2) is 34.4 Å². The van der Waals surface area contributed by atoms with Crippen LogP contribution in [0.15, 0.2) is 69.6 Å². The number of esters is 1. The molecule has 1 N–H and O–H groups in total. The fourth-order valence-corrected chi connectivity index (χ4v) is 4.82. The minimum atomic E-state index is -0.732. The zero-order chi connectivity index (χ0) is 24.4. The smallest absolute Gasteiger partial charge is 0.338 e. The van der Waals surface area contributed by atoms with Crippen molar-refractivity contribution in [1.82, 2.24) is 4.57 Å². The number of rotatable bonds is 6. The SMILES string of the molecule is CCOC(=O)C1=C(C)N=c2s/c(=C\c3cccc([N+](=O)O)c3)c(=O)n2C1c1ccc(OC)cc1. The van der Waals surface area contributed by atoms with Crippen LogP contribution in [0.25, 0.3) is 6.08 Å². The van der Waals surface area contributed by atoms with Crippen molar-refractivity contribution in [3.05, 3.63) is 95.5 Å². The van der Waals surface area contributed by atoms with Crippen molar-refractivity contribution < 1.29 is 24.4 Å². The van der Waals surface area contributed by atoms with Crippen LogP contribution in [0.1, 0.15) is 31.0 Å². The van der Waals surface area contributed by atoms with Crippen molar-refractivity contribution in [1.29, 1.82) is 0 Å². The summed E-state index contributed by atoms with van der Waals surface area (Å²) in [7, 11) is 1.56. The van der Waals surface area contributed by atoms with Crippen molar-refractivity contribution in [3.63, 3.8) is 0 Å². The van der Waals surface area contributed by atoms with Gasteiger partial charge in [-0.2, -0.15) is 0 Å². The fourth-order valence-electron chi connectivity index (χ4n) is 3.78. The number of aromatic nitrogens is 1. The lowest BCUT2D eigenvalue weighted by atomic mass is 9.96. The lowest BCUT2D eigenvalue weighted by molar-refractivity contribution is -0.729. The highest BCUT2D eigenvalue weighted by Gasteiger charge is 2.33. The number of benzene rings is 2. The van der Waals surface area contributed by atoms with E-state index in [2.05, 4.69) is 4.99 Å². The van der Waals surface area contributed by atoms with Gasteiger partial charge in [0, 0.05) is 12.1 Å². The Morgan fingerprint density at radius 1 is 1.26 bits per heavy atom. The molecule has 3 aromatic rings. The highest BCUT2D eigenvalue weighted by atomic mass is 32.1. The number of ether oxygens (including phenoxy) is 2. The lowest BCUT2D eigenvalue weighted by Gasteiger charge is -2.24. The van der Waals surface area contributed by atoms with Gasteiger partial charge in [-0.15, -0.1) is 0 Å². The summed E-state index contributed by atoms with van der Waals surface area (Å²) in [6, 6.07) is 12.6. The molecular weight excluding hydrogens is 458 g/mol. The monoisotopic (exact) mass is 480 g/mol. The van der Waals surface area contributed by atoms with Crippen molar-refractivity contribution in [2.24, 2.45) is 4.99 Å². The number of methoxy groups -OCH3 is 1. The first-order valence-corrected chi connectivity index (χ1v) is 11.3. The van der Waals surface area contributed by atoms with Gasteiger partial charge in [0.25, 0.3) is 10.5 Å². The molecule has 4 rings (SSSR count). The quantitative estimate of drug-likeness (QED) is 0.429. The van der Waals surface area contributed by atoms with Crippen LogP contribution in [0, 0.1) is 4.91 Å². The van der Waals surface area contributed by atoms with Crippen LogP contribution in [0.2, 0.25) is 0 Å². The summed E-state index contributed by atoms with van der Waals surface area (Å²) in [5.74, 6) is 0.107. The van der Waals surface area contributed by atoms with Gasteiger partial charge in [0.1, 0.15) is 5.75 Å².